The maximum Gasteiger partial charge on any atom is 0.401 e. The summed E-state index contributed by atoms with van der Waals surface area (Å²) in [6.45, 7) is -0.505. The van der Waals surface area contributed by atoms with Gasteiger partial charge in [0, 0.05) is 19.1 Å². The van der Waals surface area contributed by atoms with Gasteiger partial charge in [-0.3, -0.25) is 19.1 Å². The van der Waals surface area contributed by atoms with E-state index < -0.39 is 12.7 Å². The van der Waals surface area contributed by atoms with Crippen LogP contribution in [0.25, 0.3) is 10.2 Å². The first-order valence-corrected chi connectivity index (χ1v) is 8.71. The fourth-order valence-corrected chi connectivity index (χ4v) is 3.65. The summed E-state index contributed by atoms with van der Waals surface area (Å²) < 4.78 is 38.3. The number of nitrogens with zero attached hydrogens (tertiary/aromatic N) is 3. The van der Waals surface area contributed by atoms with E-state index in [9.17, 15) is 22.8 Å². The third-order valence-electron chi connectivity index (χ3n) is 4.12. The van der Waals surface area contributed by atoms with E-state index in [1.807, 2.05) is 0 Å². The maximum absolute atomic E-state index is 12.4. The molecule has 3 rings (SSSR count). The predicted molar refractivity (Wildman–Crippen MR) is 87.5 cm³/mol. The molecule has 0 bridgehead atoms. The zero-order valence-electron chi connectivity index (χ0n) is 13.3. The van der Waals surface area contributed by atoms with Gasteiger partial charge in [-0.1, -0.05) is 0 Å². The van der Waals surface area contributed by atoms with Gasteiger partial charge >= 0.3 is 6.18 Å². The van der Waals surface area contributed by atoms with Crippen LogP contribution in [-0.4, -0.2) is 52.2 Å². The second-order valence-electron chi connectivity index (χ2n) is 6.05. The number of halogens is 3. The Morgan fingerprint density at radius 1 is 1.36 bits per heavy atom. The van der Waals surface area contributed by atoms with Crippen LogP contribution in [0, 0.1) is 0 Å². The number of hydrogen-bond donors (Lipinski definition) is 1. The van der Waals surface area contributed by atoms with Gasteiger partial charge in [-0.05, 0) is 24.3 Å². The highest BCUT2D eigenvalue weighted by Gasteiger charge is 2.32. The van der Waals surface area contributed by atoms with Gasteiger partial charge in [0.2, 0.25) is 5.91 Å². The quantitative estimate of drug-likeness (QED) is 0.883. The SMILES string of the molecule is O=C(Cn1cnc2sccc2c1=O)NC1CCN(CC(F)(F)F)CC1. The molecule has 0 radical (unpaired) electrons. The summed E-state index contributed by atoms with van der Waals surface area (Å²) in [7, 11) is 0. The molecule has 10 heteroatoms. The van der Waals surface area contributed by atoms with Crippen molar-refractivity contribution in [3.05, 3.63) is 28.1 Å². The van der Waals surface area contributed by atoms with Crippen molar-refractivity contribution >= 4 is 27.5 Å². The van der Waals surface area contributed by atoms with E-state index >= 15 is 0 Å². The van der Waals surface area contributed by atoms with Crippen molar-refractivity contribution in [3.63, 3.8) is 0 Å². The van der Waals surface area contributed by atoms with Gasteiger partial charge in [-0.25, -0.2) is 4.98 Å². The minimum atomic E-state index is -4.20. The summed E-state index contributed by atoms with van der Waals surface area (Å²) in [5, 5.41) is 5.02. The fourth-order valence-electron chi connectivity index (χ4n) is 2.92. The lowest BCUT2D eigenvalue weighted by molar-refractivity contribution is -0.148. The highest BCUT2D eigenvalue weighted by molar-refractivity contribution is 7.16. The van der Waals surface area contributed by atoms with Crippen molar-refractivity contribution in [2.45, 2.75) is 31.6 Å². The van der Waals surface area contributed by atoms with Crippen LogP contribution in [0.1, 0.15) is 12.8 Å². The van der Waals surface area contributed by atoms with Crippen molar-refractivity contribution in [2.24, 2.45) is 0 Å². The number of likely N-dealkylation sites (tertiary alicyclic amines) is 1. The number of carbonyl (C=O) groups is 1. The molecule has 0 unspecified atom stereocenters. The Labute approximate surface area is 145 Å². The average Bonchev–Trinajstić information content (AvgIpc) is 3.00. The molecule has 1 aliphatic heterocycles. The number of aromatic nitrogens is 2. The van der Waals surface area contributed by atoms with Crippen molar-refractivity contribution in [2.75, 3.05) is 19.6 Å². The van der Waals surface area contributed by atoms with Crippen molar-refractivity contribution in [1.82, 2.24) is 19.8 Å². The molecule has 0 saturated carbocycles. The van der Waals surface area contributed by atoms with Gasteiger partial charge < -0.3 is 5.32 Å². The van der Waals surface area contributed by atoms with Crippen LogP contribution in [-0.2, 0) is 11.3 Å². The summed E-state index contributed by atoms with van der Waals surface area (Å²) in [4.78, 5) is 30.5. The van der Waals surface area contributed by atoms with Crippen molar-refractivity contribution < 1.29 is 18.0 Å². The summed E-state index contributed by atoms with van der Waals surface area (Å²) in [6.07, 6.45) is -1.95. The monoisotopic (exact) mass is 374 g/mol. The van der Waals surface area contributed by atoms with Gasteiger partial charge in [-0.2, -0.15) is 13.2 Å². The molecule has 0 atom stereocenters. The van der Waals surface area contributed by atoms with Gasteiger partial charge in [-0.15, -0.1) is 11.3 Å². The van der Waals surface area contributed by atoms with E-state index in [0.717, 1.165) is 0 Å². The van der Waals surface area contributed by atoms with Gasteiger partial charge in [0.1, 0.15) is 11.4 Å². The molecule has 1 saturated heterocycles. The van der Waals surface area contributed by atoms with Crippen LogP contribution >= 0.6 is 11.3 Å². The molecular formula is C15H17F3N4O2S. The summed E-state index contributed by atoms with van der Waals surface area (Å²) >= 11 is 1.35. The second kappa shape index (κ2) is 7.12. The van der Waals surface area contributed by atoms with Gasteiger partial charge in [0.25, 0.3) is 5.56 Å². The summed E-state index contributed by atoms with van der Waals surface area (Å²) in [6, 6.07) is 1.49. The van der Waals surface area contributed by atoms with Crippen LogP contribution in [0.2, 0.25) is 0 Å². The van der Waals surface area contributed by atoms with Gasteiger partial charge in [0.15, 0.2) is 0 Å². The number of alkyl halides is 3. The number of carbonyl (C=O) groups excluding carboxylic acids is 1. The molecule has 1 amide bonds. The molecule has 3 heterocycles. The molecule has 136 valence electrons. The molecule has 0 spiro atoms. The van der Waals surface area contributed by atoms with Crippen LogP contribution in [0.5, 0.6) is 0 Å². The van der Waals surface area contributed by atoms with E-state index in [-0.39, 0.29) is 37.1 Å². The smallest absolute Gasteiger partial charge is 0.352 e. The predicted octanol–water partition coefficient (Wildman–Crippen LogP) is 1.60. The van der Waals surface area contributed by atoms with E-state index in [1.54, 1.807) is 11.4 Å². The zero-order valence-corrected chi connectivity index (χ0v) is 14.1. The standard InChI is InChI=1S/C15H17F3N4O2S/c16-15(17,18)8-21-4-1-10(2-5-21)20-12(23)7-22-9-19-13-11(14(22)24)3-6-25-13/h3,6,9-10H,1-2,4-5,7-8H2,(H,20,23). The third kappa shape index (κ3) is 4.57. The lowest BCUT2D eigenvalue weighted by Gasteiger charge is -2.32. The molecule has 1 N–H and O–H groups in total. The average molecular weight is 374 g/mol. The van der Waals surface area contributed by atoms with Crippen molar-refractivity contribution in [1.29, 1.82) is 0 Å². The lowest BCUT2D eigenvalue weighted by atomic mass is 10.1. The highest BCUT2D eigenvalue weighted by atomic mass is 32.1. The second-order valence-corrected chi connectivity index (χ2v) is 6.94. The van der Waals surface area contributed by atoms with E-state index in [1.165, 1.54) is 27.1 Å². The lowest BCUT2D eigenvalue weighted by Crippen LogP contribution is -2.48. The Bertz CT molecular complexity index is 809. The first-order valence-electron chi connectivity index (χ1n) is 7.83. The molecule has 0 aliphatic carbocycles. The molecule has 2 aromatic heterocycles. The summed E-state index contributed by atoms with van der Waals surface area (Å²) in [5.41, 5.74) is -0.276. The van der Waals surface area contributed by atoms with E-state index in [4.69, 9.17) is 0 Å². The topological polar surface area (TPSA) is 67.2 Å². The molecular weight excluding hydrogens is 357 g/mol. The molecule has 2 aromatic rings. The Hall–Kier alpha value is -1.94. The Morgan fingerprint density at radius 2 is 2.08 bits per heavy atom. The number of rotatable bonds is 4. The van der Waals surface area contributed by atoms with Crippen molar-refractivity contribution in [3.8, 4) is 0 Å². The number of nitrogens with one attached hydrogen (secondary N) is 1. The molecule has 25 heavy (non-hydrogen) atoms. The van der Waals surface area contributed by atoms with Crippen LogP contribution in [0.3, 0.4) is 0 Å². The number of thiophene rings is 1. The largest absolute Gasteiger partial charge is 0.401 e. The Morgan fingerprint density at radius 3 is 2.76 bits per heavy atom. The highest BCUT2D eigenvalue weighted by Crippen LogP contribution is 2.19. The Balaban J connectivity index is 1.53. The van der Waals surface area contributed by atoms with Crippen LogP contribution in [0.15, 0.2) is 22.6 Å². The van der Waals surface area contributed by atoms with E-state index in [2.05, 4.69) is 10.3 Å². The Kier molecular flexibility index (Phi) is 5.09. The maximum atomic E-state index is 12.4. The molecule has 1 fully saturated rings. The fraction of sp³-hybridized carbons (Fsp3) is 0.533. The minimum absolute atomic E-state index is 0.152. The normalized spacial score (nSPS) is 17.1. The third-order valence-corrected chi connectivity index (χ3v) is 4.94. The van der Waals surface area contributed by atoms with Crippen LogP contribution < -0.4 is 10.9 Å². The first-order chi connectivity index (χ1) is 11.8. The summed E-state index contributed by atoms with van der Waals surface area (Å²) in [5.74, 6) is -0.340. The number of fused-ring (bicyclic) bond motifs is 1. The molecule has 1 aliphatic rings. The zero-order chi connectivity index (χ0) is 18.0. The number of hydrogen-bond acceptors (Lipinski definition) is 5. The number of amides is 1. The van der Waals surface area contributed by atoms with Gasteiger partial charge in [0.05, 0.1) is 18.3 Å². The van der Waals surface area contributed by atoms with Crippen LogP contribution in [0.4, 0.5) is 13.2 Å². The first kappa shape index (κ1) is 17.9. The minimum Gasteiger partial charge on any atom is -0.352 e. The molecule has 6 nitrogen and oxygen atoms in total. The number of piperidine rings is 1. The van der Waals surface area contributed by atoms with E-state index in [0.29, 0.717) is 23.1 Å². The molecule has 0 aromatic carbocycles.